The van der Waals surface area contributed by atoms with Crippen LogP contribution in [0.5, 0.6) is 0 Å². The van der Waals surface area contributed by atoms with Crippen LogP contribution in [0.4, 0.5) is 0 Å². The molecule has 1 N–H and O–H groups in total. The highest BCUT2D eigenvalue weighted by molar-refractivity contribution is 6.42. The predicted molar refractivity (Wildman–Crippen MR) is 68.2 cm³/mol. The molecule has 1 aromatic rings. The van der Waals surface area contributed by atoms with E-state index in [1.54, 1.807) is 30.4 Å². The van der Waals surface area contributed by atoms with Gasteiger partial charge in [-0.3, -0.25) is 0 Å². The Morgan fingerprint density at radius 2 is 2.06 bits per heavy atom. The van der Waals surface area contributed by atoms with Crippen LogP contribution in [-0.4, -0.2) is 18.2 Å². The van der Waals surface area contributed by atoms with Gasteiger partial charge in [0.25, 0.3) is 0 Å². The maximum Gasteiger partial charge on any atom is 0.371 e. The zero-order valence-corrected chi connectivity index (χ0v) is 10.5. The second-order valence-corrected chi connectivity index (χ2v) is 3.89. The Labute approximate surface area is 109 Å². The third kappa shape index (κ3) is 4.13. The lowest BCUT2D eigenvalue weighted by molar-refractivity contribution is -0.136. The zero-order chi connectivity index (χ0) is 12.8. The molecule has 1 rings (SSSR count). The maximum atomic E-state index is 10.6. The van der Waals surface area contributed by atoms with Crippen molar-refractivity contribution in [3.63, 3.8) is 0 Å². The molecule has 0 radical (unpaired) electrons. The van der Waals surface area contributed by atoms with E-state index in [9.17, 15) is 4.79 Å². The summed E-state index contributed by atoms with van der Waals surface area (Å²) in [5, 5.41) is 9.61. The van der Waals surface area contributed by atoms with Gasteiger partial charge in [-0.2, -0.15) is 0 Å². The summed E-state index contributed by atoms with van der Waals surface area (Å²) in [6.45, 7) is 0. The Hall–Kier alpha value is -1.45. The molecule has 90 valence electrons. The van der Waals surface area contributed by atoms with Gasteiger partial charge in [-0.15, -0.1) is 0 Å². The van der Waals surface area contributed by atoms with Crippen LogP contribution in [-0.2, 0) is 9.53 Å². The highest BCUT2D eigenvalue weighted by Gasteiger charge is 2.03. The molecule has 1 aromatic carbocycles. The molecule has 0 bridgehead atoms. The van der Waals surface area contributed by atoms with Gasteiger partial charge < -0.3 is 9.84 Å². The molecule has 0 atom stereocenters. The third-order valence-electron chi connectivity index (χ3n) is 1.91. The molecule has 17 heavy (non-hydrogen) atoms. The molecule has 0 unspecified atom stereocenters. The molecule has 0 amide bonds. The Kier molecular flexibility index (Phi) is 5.07. The predicted octanol–water partition coefficient (Wildman–Crippen LogP) is 3.62. The van der Waals surface area contributed by atoms with E-state index in [0.29, 0.717) is 10.0 Å². The fourth-order valence-corrected chi connectivity index (χ4v) is 1.40. The van der Waals surface area contributed by atoms with Crippen LogP contribution in [0.25, 0.3) is 6.08 Å². The maximum absolute atomic E-state index is 10.6. The summed E-state index contributed by atoms with van der Waals surface area (Å²) < 4.78 is 4.66. The standard InChI is InChI=1S/C12H10Cl2O3/c1-17-11(12(15)16)4-2-3-8-5-6-9(13)10(14)7-8/h2-7H,1H3,(H,15,16)/b3-2+,11-4+. The Morgan fingerprint density at radius 3 is 2.59 bits per heavy atom. The van der Waals surface area contributed by atoms with Crippen molar-refractivity contribution in [3.8, 4) is 0 Å². The zero-order valence-electron chi connectivity index (χ0n) is 8.98. The summed E-state index contributed by atoms with van der Waals surface area (Å²) in [6.07, 6.45) is 4.61. The van der Waals surface area contributed by atoms with Crippen LogP contribution in [0.15, 0.2) is 36.1 Å². The number of rotatable bonds is 4. The lowest BCUT2D eigenvalue weighted by atomic mass is 10.2. The van der Waals surface area contributed by atoms with Gasteiger partial charge in [0.15, 0.2) is 0 Å². The van der Waals surface area contributed by atoms with Crippen molar-refractivity contribution in [1.82, 2.24) is 0 Å². The first kappa shape index (κ1) is 13.6. The van der Waals surface area contributed by atoms with Gasteiger partial charge in [-0.05, 0) is 23.8 Å². The molecule has 0 heterocycles. The molecular weight excluding hydrogens is 263 g/mol. The second kappa shape index (κ2) is 6.33. The van der Waals surface area contributed by atoms with E-state index in [1.165, 1.54) is 13.2 Å². The molecule has 0 saturated carbocycles. The van der Waals surface area contributed by atoms with Gasteiger partial charge in [-0.25, -0.2) is 4.79 Å². The molecule has 0 spiro atoms. The normalized spacial score (nSPS) is 11.8. The molecule has 0 aliphatic heterocycles. The minimum absolute atomic E-state index is 0.138. The fourth-order valence-electron chi connectivity index (χ4n) is 1.09. The monoisotopic (exact) mass is 272 g/mol. The molecule has 0 fully saturated rings. The summed E-state index contributed by atoms with van der Waals surface area (Å²) in [5.41, 5.74) is 0.816. The summed E-state index contributed by atoms with van der Waals surface area (Å²) >= 11 is 11.6. The molecule has 5 heteroatoms. The number of benzene rings is 1. The highest BCUT2D eigenvalue weighted by Crippen LogP contribution is 2.23. The van der Waals surface area contributed by atoms with Crippen LogP contribution in [0.1, 0.15) is 5.56 Å². The first-order chi connectivity index (χ1) is 8.04. The van der Waals surface area contributed by atoms with E-state index in [4.69, 9.17) is 28.3 Å². The first-order valence-corrected chi connectivity index (χ1v) is 5.41. The molecule has 0 aliphatic rings. The van der Waals surface area contributed by atoms with Crippen molar-refractivity contribution < 1.29 is 14.6 Å². The Bertz CT molecular complexity index is 479. The van der Waals surface area contributed by atoms with E-state index in [0.717, 1.165) is 5.56 Å². The van der Waals surface area contributed by atoms with Crippen LogP contribution >= 0.6 is 23.2 Å². The summed E-state index contributed by atoms with van der Waals surface area (Å²) in [4.78, 5) is 10.6. The van der Waals surface area contributed by atoms with Crippen LogP contribution in [0, 0.1) is 0 Å². The van der Waals surface area contributed by atoms with Gasteiger partial charge in [0.1, 0.15) is 0 Å². The minimum atomic E-state index is -1.12. The van der Waals surface area contributed by atoms with Gasteiger partial charge in [0.05, 0.1) is 17.2 Å². The van der Waals surface area contributed by atoms with Crippen molar-refractivity contribution in [2.24, 2.45) is 0 Å². The fraction of sp³-hybridized carbons (Fsp3) is 0.0833. The third-order valence-corrected chi connectivity index (χ3v) is 2.65. The summed E-state index contributed by atoms with van der Waals surface area (Å²) in [5.74, 6) is -1.26. The van der Waals surface area contributed by atoms with E-state index in [2.05, 4.69) is 4.74 Å². The van der Waals surface area contributed by atoms with E-state index >= 15 is 0 Å². The summed E-state index contributed by atoms with van der Waals surface area (Å²) in [6, 6.07) is 5.12. The number of hydrogen-bond donors (Lipinski definition) is 1. The van der Waals surface area contributed by atoms with Crippen molar-refractivity contribution in [2.45, 2.75) is 0 Å². The van der Waals surface area contributed by atoms with Gasteiger partial charge in [-0.1, -0.05) is 41.4 Å². The number of hydrogen-bond acceptors (Lipinski definition) is 2. The van der Waals surface area contributed by atoms with E-state index < -0.39 is 5.97 Å². The average Bonchev–Trinajstić information content (AvgIpc) is 2.28. The minimum Gasteiger partial charge on any atom is -0.490 e. The molecule has 3 nitrogen and oxygen atoms in total. The van der Waals surface area contributed by atoms with E-state index in [-0.39, 0.29) is 5.76 Å². The number of methoxy groups -OCH3 is 1. The topological polar surface area (TPSA) is 46.5 Å². The lowest BCUT2D eigenvalue weighted by Gasteiger charge is -1.98. The van der Waals surface area contributed by atoms with E-state index in [1.807, 2.05) is 0 Å². The number of allylic oxidation sites excluding steroid dienone is 2. The Balaban J connectivity index is 2.84. The molecule has 0 saturated heterocycles. The number of carboxylic acids is 1. The number of carbonyl (C=O) groups is 1. The van der Waals surface area contributed by atoms with Crippen LogP contribution in [0.3, 0.4) is 0 Å². The number of carboxylic acid groups (broad SMARTS) is 1. The number of ether oxygens (including phenoxy) is 1. The van der Waals surface area contributed by atoms with Gasteiger partial charge in [0.2, 0.25) is 5.76 Å². The van der Waals surface area contributed by atoms with Gasteiger partial charge in [0, 0.05) is 0 Å². The Morgan fingerprint density at radius 1 is 1.35 bits per heavy atom. The smallest absolute Gasteiger partial charge is 0.371 e. The number of halogens is 2. The van der Waals surface area contributed by atoms with Crippen LogP contribution in [0.2, 0.25) is 10.0 Å². The van der Waals surface area contributed by atoms with Gasteiger partial charge >= 0.3 is 5.97 Å². The second-order valence-electron chi connectivity index (χ2n) is 3.07. The van der Waals surface area contributed by atoms with Crippen molar-refractivity contribution in [2.75, 3.05) is 7.11 Å². The molecular formula is C12H10Cl2O3. The van der Waals surface area contributed by atoms with Crippen LogP contribution < -0.4 is 0 Å². The largest absolute Gasteiger partial charge is 0.490 e. The van der Waals surface area contributed by atoms with Crippen molar-refractivity contribution in [1.29, 1.82) is 0 Å². The number of aliphatic carboxylic acids is 1. The first-order valence-electron chi connectivity index (χ1n) is 4.65. The SMILES string of the molecule is CO/C(=C/C=C/c1ccc(Cl)c(Cl)c1)C(=O)O. The highest BCUT2D eigenvalue weighted by atomic mass is 35.5. The van der Waals surface area contributed by atoms with Crippen molar-refractivity contribution >= 4 is 35.2 Å². The van der Waals surface area contributed by atoms with Crippen molar-refractivity contribution in [3.05, 3.63) is 51.7 Å². The quantitative estimate of drug-likeness (QED) is 0.517. The average molecular weight is 273 g/mol. The molecule has 0 aliphatic carbocycles. The molecule has 0 aromatic heterocycles. The summed E-state index contributed by atoms with van der Waals surface area (Å²) in [7, 11) is 1.30. The lowest BCUT2D eigenvalue weighted by Crippen LogP contribution is -2.01.